The first-order valence-corrected chi connectivity index (χ1v) is 8.32. The van der Waals surface area contributed by atoms with Crippen LogP contribution >= 0.6 is 0 Å². The van der Waals surface area contributed by atoms with Gasteiger partial charge >= 0.3 is 0 Å². The van der Waals surface area contributed by atoms with Crippen molar-refractivity contribution in [3.63, 3.8) is 0 Å². The van der Waals surface area contributed by atoms with Gasteiger partial charge in [-0.25, -0.2) is 19.0 Å². The molecular formula is C18H17FN6O. The molecule has 0 N–H and O–H groups in total. The topological polar surface area (TPSA) is 67.2 Å². The van der Waals surface area contributed by atoms with Crippen LogP contribution in [0.2, 0.25) is 0 Å². The molecule has 8 heteroatoms. The van der Waals surface area contributed by atoms with E-state index in [2.05, 4.69) is 20.0 Å². The largest absolute Gasteiger partial charge is 0.353 e. The standard InChI is InChI=1S/C18H17FN6O/c19-15-4-2-14(3-5-15)18(26)24-10-8-23(9-11-24)16-12-17(21-13-20-16)25-7-1-6-22-25/h1-7,12-13H,8-11H2. The quantitative estimate of drug-likeness (QED) is 0.719. The van der Waals surface area contributed by atoms with E-state index in [-0.39, 0.29) is 11.7 Å². The third kappa shape index (κ3) is 3.26. The van der Waals surface area contributed by atoms with Gasteiger partial charge in [-0.15, -0.1) is 0 Å². The summed E-state index contributed by atoms with van der Waals surface area (Å²) in [5.74, 6) is 1.08. The van der Waals surface area contributed by atoms with Gasteiger partial charge in [0.25, 0.3) is 5.91 Å². The molecule has 4 rings (SSSR count). The van der Waals surface area contributed by atoms with Crippen LogP contribution in [-0.2, 0) is 0 Å². The molecule has 26 heavy (non-hydrogen) atoms. The monoisotopic (exact) mass is 352 g/mol. The molecule has 3 heterocycles. The fourth-order valence-corrected chi connectivity index (χ4v) is 2.95. The van der Waals surface area contributed by atoms with Crippen molar-refractivity contribution in [2.45, 2.75) is 0 Å². The molecule has 0 saturated carbocycles. The number of benzene rings is 1. The van der Waals surface area contributed by atoms with Crippen molar-refractivity contribution in [1.29, 1.82) is 0 Å². The van der Waals surface area contributed by atoms with Crippen molar-refractivity contribution in [1.82, 2.24) is 24.6 Å². The van der Waals surface area contributed by atoms with Gasteiger partial charge in [0.2, 0.25) is 0 Å². The highest BCUT2D eigenvalue weighted by molar-refractivity contribution is 5.94. The zero-order valence-corrected chi connectivity index (χ0v) is 14.0. The van der Waals surface area contributed by atoms with Gasteiger partial charge in [0, 0.05) is 50.2 Å². The lowest BCUT2D eigenvalue weighted by molar-refractivity contribution is 0.0746. The summed E-state index contributed by atoms with van der Waals surface area (Å²) in [4.78, 5) is 25.0. The van der Waals surface area contributed by atoms with Crippen LogP contribution in [-0.4, -0.2) is 56.7 Å². The SMILES string of the molecule is O=C(c1ccc(F)cc1)N1CCN(c2cc(-n3cccn3)ncn2)CC1. The van der Waals surface area contributed by atoms with Crippen LogP contribution in [0.4, 0.5) is 10.2 Å². The Morgan fingerprint density at radius 3 is 2.42 bits per heavy atom. The molecule has 1 aliphatic rings. The summed E-state index contributed by atoms with van der Waals surface area (Å²) in [5.41, 5.74) is 0.503. The van der Waals surface area contributed by atoms with Crippen molar-refractivity contribution in [2.75, 3.05) is 31.1 Å². The number of nitrogens with zero attached hydrogens (tertiary/aromatic N) is 6. The molecule has 7 nitrogen and oxygen atoms in total. The summed E-state index contributed by atoms with van der Waals surface area (Å²) < 4.78 is 14.7. The van der Waals surface area contributed by atoms with E-state index in [1.807, 2.05) is 18.3 Å². The van der Waals surface area contributed by atoms with Gasteiger partial charge in [-0.2, -0.15) is 5.10 Å². The van der Waals surface area contributed by atoms with E-state index < -0.39 is 0 Å². The first kappa shape index (κ1) is 16.2. The molecule has 0 unspecified atom stereocenters. The summed E-state index contributed by atoms with van der Waals surface area (Å²) in [6.45, 7) is 2.50. The Bertz CT molecular complexity index is 888. The molecule has 1 amide bonds. The number of carbonyl (C=O) groups is 1. The Balaban J connectivity index is 1.43. The molecule has 1 aliphatic heterocycles. The minimum Gasteiger partial charge on any atom is -0.353 e. The van der Waals surface area contributed by atoms with Crippen LogP contribution in [0.1, 0.15) is 10.4 Å². The number of rotatable bonds is 3. The van der Waals surface area contributed by atoms with E-state index >= 15 is 0 Å². The van der Waals surface area contributed by atoms with Crippen molar-refractivity contribution >= 4 is 11.7 Å². The van der Waals surface area contributed by atoms with Crippen molar-refractivity contribution in [3.05, 3.63) is 66.5 Å². The summed E-state index contributed by atoms with van der Waals surface area (Å²) >= 11 is 0. The molecule has 3 aromatic rings. The Morgan fingerprint density at radius 2 is 1.73 bits per heavy atom. The van der Waals surface area contributed by atoms with Crippen molar-refractivity contribution < 1.29 is 9.18 Å². The number of amides is 1. The van der Waals surface area contributed by atoms with Gasteiger partial charge in [-0.05, 0) is 30.3 Å². The molecule has 0 aliphatic carbocycles. The van der Waals surface area contributed by atoms with E-state index in [4.69, 9.17) is 0 Å². The molecule has 132 valence electrons. The minimum atomic E-state index is -0.344. The van der Waals surface area contributed by atoms with E-state index in [0.29, 0.717) is 37.6 Å². The molecule has 2 aromatic heterocycles. The zero-order chi connectivity index (χ0) is 17.9. The Hall–Kier alpha value is -3.29. The van der Waals surface area contributed by atoms with Crippen LogP contribution in [0.3, 0.4) is 0 Å². The van der Waals surface area contributed by atoms with Gasteiger partial charge in [-0.1, -0.05) is 0 Å². The fourth-order valence-electron chi connectivity index (χ4n) is 2.95. The van der Waals surface area contributed by atoms with Crippen LogP contribution < -0.4 is 4.90 Å². The average Bonchev–Trinajstić information content (AvgIpc) is 3.23. The van der Waals surface area contributed by atoms with E-state index in [9.17, 15) is 9.18 Å². The highest BCUT2D eigenvalue weighted by Gasteiger charge is 2.23. The first-order chi connectivity index (χ1) is 12.7. The first-order valence-electron chi connectivity index (χ1n) is 8.32. The molecule has 0 spiro atoms. The summed E-state index contributed by atoms with van der Waals surface area (Å²) in [7, 11) is 0. The number of anilines is 1. The number of piperazine rings is 1. The van der Waals surface area contributed by atoms with Crippen LogP contribution in [0, 0.1) is 5.82 Å². The molecule has 1 aromatic carbocycles. The lowest BCUT2D eigenvalue weighted by Gasteiger charge is -2.35. The van der Waals surface area contributed by atoms with Crippen LogP contribution in [0.15, 0.2) is 55.1 Å². The normalized spacial score (nSPS) is 14.5. The second-order valence-electron chi connectivity index (χ2n) is 5.97. The predicted molar refractivity (Wildman–Crippen MR) is 93.7 cm³/mol. The number of aromatic nitrogens is 4. The lowest BCUT2D eigenvalue weighted by atomic mass is 10.2. The number of hydrogen-bond acceptors (Lipinski definition) is 5. The van der Waals surface area contributed by atoms with Crippen molar-refractivity contribution in [2.24, 2.45) is 0 Å². The fraction of sp³-hybridized carbons (Fsp3) is 0.222. The maximum atomic E-state index is 13.0. The van der Waals surface area contributed by atoms with E-state index in [1.165, 1.54) is 30.6 Å². The highest BCUT2D eigenvalue weighted by atomic mass is 19.1. The Morgan fingerprint density at radius 1 is 1.00 bits per heavy atom. The molecule has 1 fully saturated rings. The third-order valence-electron chi connectivity index (χ3n) is 4.36. The third-order valence-corrected chi connectivity index (χ3v) is 4.36. The van der Waals surface area contributed by atoms with Gasteiger partial charge in [0.1, 0.15) is 18.0 Å². The Kier molecular flexibility index (Phi) is 4.30. The molecule has 0 radical (unpaired) electrons. The zero-order valence-electron chi connectivity index (χ0n) is 14.0. The molecule has 0 atom stereocenters. The lowest BCUT2D eigenvalue weighted by Crippen LogP contribution is -2.49. The van der Waals surface area contributed by atoms with Crippen molar-refractivity contribution in [3.8, 4) is 5.82 Å². The maximum Gasteiger partial charge on any atom is 0.253 e. The summed E-state index contributed by atoms with van der Waals surface area (Å²) in [6, 6.07) is 9.37. The van der Waals surface area contributed by atoms with Crippen LogP contribution in [0.5, 0.6) is 0 Å². The smallest absolute Gasteiger partial charge is 0.253 e. The minimum absolute atomic E-state index is 0.0791. The number of halogens is 1. The van der Waals surface area contributed by atoms with E-state index in [0.717, 1.165) is 5.82 Å². The van der Waals surface area contributed by atoms with Crippen LogP contribution in [0.25, 0.3) is 5.82 Å². The second-order valence-corrected chi connectivity index (χ2v) is 5.97. The van der Waals surface area contributed by atoms with E-state index in [1.54, 1.807) is 15.8 Å². The average molecular weight is 352 g/mol. The highest BCUT2D eigenvalue weighted by Crippen LogP contribution is 2.17. The van der Waals surface area contributed by atoms with Gasteiger partial charge in [0.05, 0.1) is 0 Å². The Labute approximate surface area is 149 Å². The summed E-state index contributed by atoms with van der Waals surface area (Å²) in [6.07, 6.45) is 5.04. The predicted octanol–water partition coefficient (Wildman–Crippen LogP) is 1.76. The van der Waals surface area contributed by atoms with Gasteiger partial charge in [0.15, 0.2) is 5.82 Å². The maximum absolute atomic E-state index is 13.0. The van der Waals surface area contributed by atoms with Gasteiger partial charge in [-0.3, -0.25) is 4.79 Å². The number of carbonyl (C=O) groups excluding carboxylic acids is 1. The molecular weight excluding hydrogens is 335 g/mol. The molecule has 0 bridgehead atoms. The second kappa shape index (κ2) is 6.91. The van der Waals surface area contributed by atoms with Gasteiger partial charge < -0.3 is 9.80 Å². The molecule has 1 saturated heterocycles. The number of hydrogen-bond donors (Lipinski definition) is 0. The summed E-state index contributed by atoms with van der Waals surface area (Å²) in [5, 5.41) is 4.18.